The number of aromatic amines is 1. The molecule has 188 valence electrons. The lowest BCUT2D eigenvalue weighted by atomic mass is 10.00. The van der Waals surface area contributed by atoms with Gasteiger partial charge in [0.1, 0.15) is 11.8 Å². The van der Waals surface area contributed by atoms with Gasteiger partial charge in [-0.05, 0) is 67.3 Å². The largest absolute Gasteiger partial charge is 0.495 e. The molecule has 2 aromatic heterocycles. The fraction of sp³-hybridized carbons (Fsp3) is 0.407. The molecule has 9 heteroatoms. The highest BCUT2D eigenvalue weighted by molar-refractivity contribution is 5.82. The minimum atomic E-state index is -0.382. The van der Waals surface area contributed by atoms with Crippen LogP contribution in [0.3, 0.4) is 0 Å². The maximum absolute atomic E-state index is 13.5. The van der Waals surface area contributed by atoms with Crippen LogP contribution >= 0.6 is 0 Å². The number of piperazine rings is 1. The first kappa shape index (κ1) is 24.0. The molecular formula is C27H33N7O2. The maximum atomic E-state index is 13.5. The molecule has 1 fully saturated rings. The van der Waals surface area contributed by atoms with Gasteiger partial charge >= 0.3 is 0 Å². The number of benzene rings is 2. The van der Waals surface area contributed by atoms with E-state index in [0.29, 0.717) is 11.4 Å². The number of ether oxygens (including phenoxy) is 1. The van der Waals surface area contributed by atoms with Crippen molar-refractivity contribution in [1.82, 2.24) is 30.1 Å². The molecule has 2 aromatic carbocycles. The number of aryl methyl sites for hydroxylation is 1. The number of hydrogen-bond acceptors (Lipinski definition) is 7. The van der Waals surface area contributed by atoms with Crippen LogP contribution in [0, 0.1) is 6.92 Å². The molecule has 0 unspecified atom stereocenters. The van der Waals surface area contributed by atoms with Crippen molar-refractivity contribution in [2.75, 3.05) is 38.2 Å². The van der Waals surface area contributed by atoms with Crippen LogP contribution in [0.15, 0.2) is 53.3 Å². The van der Waals surface area contributed by atoms with Crippen LogP contribution in [0.2, 0.25) is 0 Å². The minimum absolute atomic E-state index is 0.114. The normalized spacial score (nSPS) is 15.9. The predicted molar refractivity (Wildman–Crippen MR) is 141 cm³/mol. The molecule has 0 spiro atoms. The molecule has 0 bridgehead atoms. The molecule has 1 aliphatic heterocycles. The van der Waals surface area contributed by atoms with E-state index < -0.39 is 0 Å². The van der Waals surface area contributed by atoms with Crippen molar-refractivity contribution in [2.45, 2.75) is 39.3 Å². The van der Waals surface area contributed by atoms with Gasteiger partial charge in [-0.2, -0.15) is 0 Å². The van der Waals surface area contributed by atoms with Gasteiger partial charge in [0, 0.05) is 31.7 Å². The molecule has 9 nitrogen and oxygen atoms in total. The summed E-state index contributed by atoms with van der Waals surface area (Å²) >= 11 is 0. The smallest absolute Gasteiger partial charge is 0.253 e. The average Bonchev–Trinajstić information content (AvgIpc) is 3.36. The Hall–Kier alpha value is -3.72. The van der Waals surface area contributed by atoms with Crippen LogP contribution in [0.4, 0.5) is 5.69 Å². The van der Waals surface area contributed by atoms with Gasteiger partial charge in [0.25, 0.3) is 5.56 Å². The first-order chi connectivity index (χ1) is 17.3. The molecule has 0 radical (unpaired) electrons. The van der Waals surface area contributed by atoms with Crippen LogP contribution in [-0.4, -0.2) is 63.4 Å². The number of aromatic nitrogens is 5. The summed E-state index contributed by atoms with van der Waals surface area (Å²) in [6.07, 6.45) is 0. The zero-order chi connectivity index (χ0) is 25.4. The van der Waals surface area contributed by atoms with Crippen molar-refractivity contribution in [3.05, 3.63) is 75.8 Å². The fourth-order valence-corrected chi connectivity index (χ4v) is 5.06. The van der Waals surface area contributed by atoms with Gasteiger partial charge < -0.3 is 14.6 Å². The van der Waals surface area contributed by atoms with Crippen LogP contribution < -0.4 is 15.2 Å². The highest BCUT2D eigenvalue weighted by atomic mass is 16.5. The Morgan fingerprint density at radius 1 is 1.03 bits per heavy atom. The van der Waals surface area contributed by atoms with E-state index in [1.165, 1.54) is 0 Å². The molecule has 1 atom stereocenters. The fourth-order valence-electron chi connectivity index (χ4n) is 5.06. The van der Waals surface area contributed by atoms with E-state index in [1.807, 2.05) is 54.1 Å². The molecule has 0 aliphatic carbocycles. The second kappa shape index (κ2) is 9.39. The first-order valence-electron chi connectivity index (χ1n) is 12.3. The highest BCUT2D eigenvalue weighted by Gasteiger charge is 2.35. The zero-order valence-corrected chi connectivity index (χ0v) is 21.5. The monoisotopic (exact) mass is 487 g/mol. The molecule has 36 heavy (non-hydrogen) atoms. The molecule has 1 saturated heterocycles. The number of tetrazole rings is 1. The number of para-hydroxylation sites is 3. The van der Waals surface area contributed by atoms with Gasteiger partial charge in [-0.3, -0.25) is 9.69 Å². The van der Waals surface area contributed by atoms with Gasteiger partial charge in [0.05, 0.1) is 23.9 Å². The maximum Gasteiger partial charge on any atom is 0.253 e. The summed E-state index contributed by atoms with van der Waals surface area (Å²) in [6, 6.07) is 15.8. The molecule has 5 rings (SSSR count). The van der Waals surface area contributed by atoms with Crippen molar-refractivity contribution < 1.29 is 4.74 Å². The van der Waals surface area contributed by atoms with E-state index in [-0.39, 0.29) is 17.1 Å². The summed E-state index contributed by atoms with van der Waals surface area (Å²) < 4.78 is 7.43. The molecular weight excluding hydrogens is 454 g/mol. The third-order valence-corrected chi connectivity index (χ3v) is 6.89. The van der Waals surface area contributed by atoms with Crippen molar-refractivity contribution in [3.63, 3.8) is 0 Å². The number of hydrogen-bond donors (Lipinski definition) is 1. The molecule has 1 N–H and O–H groups in total. The van der Waals surface area contributed by atoms with E-state index in [2.05, 4.69) is 57.1 Å². The molecule has 3 heterocycles. The minimum Gasteiger partial charge on any atom is -0.495 e. The van der Waals surface area contributed by atoms with Crippen LogP contribution in [0.25, 0.3) is 10.9 Å². The lowest BCUT2D eigenvalue weighted by Gasteiger charge is -2.40. The van der Waals surface area contributed by atoms with Crippen LogP contribution in [0.1, 0.15) is 43.8 Å². The Labute approximate surface area is 210 Å². The quantitative estimate of drug-likeness (QED) is 0.461. The second-order valence-electron chi connectivity index (χ2n) is 10.3. The van der Waals surface area contributed by atoms with Crippen LogP contribution in [0.5, 0.6) is 5.75 Å². The number of rotatable bonds is 5. The van der Waals surface area contributed by atoms with Gasteiger partial charge in [0.2, 0.25) is 0 Å². The molecule has 4 aromatic rings. The average molecular weight is 488 g/mol. The Kier molecular flexibility index (Phi) is 6.26. The number of H-pyrrole nitrogens is 1. The van der Waals surface area contributed by atoms with E-state index in [4.69, 9.17) is 4.74 Å². The highest BCUT2D eigenvalue weighted by Crippen LogP contribution is 2.33. The molecule has 0 amide bonds. The Bertz CT molecular complexity index is 1430. The standard InChI is InChI=1S/C27H33N7O2/c1-18-9-8-10-19-17-20(26(35)28-23(18)19)24(25-29-30-31-34(25)27(2,3)4)33-15-13-32(14-16-33)21-11-6-7-12-22(21)36-5/h6-12,17,24H,13-16H2,1-5H3,(H,28,35)/t24-/m0/s1. The Balaban J connectivity index is 1.56. The van der Waals surface area contributed by atoms with Crippen molar-refractivity contribution in [1.29, 1.82) is 0 Å². The summed E-state index contributed by atoms with van der Waals surface area (Å²) in [5.41, 5.74) is 3.18. The van der Waals surface area contributed by atoms with Gasteiger partial charge in [-0.1, -0.05) is 30.3 Å². The van der Waals surface area contributed by atoms with E-state index in [9.17, 15) is 4.79 Å². The Morgan fingerprint density at radius 3 is 2.50 bits per heavy atom. The van der Waals surface area contributed by atoms with E-state index in [1.54, 1.807) is 7.11 Å². The number of methoxy groups -OCH3 is 1. The third-order valence-electron chi connectivity index (χ3n) is 6.89. The lowest BCUT2D eigenvalue weighted by molar-refractivity contribution is 0.190. The SMILES string of the molecule is COc1ccccc1N1CCN([C@@H](c2cc3cccc(C)c3[nH]c2=O)c2nnnn2C(C)(C)C)CC1. The number of anilines is 1. The zero-order valence-electron chi connectivity index (χ0n) is 21.5. The first-order valence-corrected chi connectivity index (χ1v) is 12.3. The Morgan fingerprint density at radius 2 is 1.78 bits per heavy atom. The topological polar surface area (TPSA) is 92.2 Å². The predicted octanol–water partition coefficient (Wildman–Crippen LogP) is 3.50. The van der Waals surface area contributed by atoms with E-state index >= 15 is 0 Å². The van der Waals surface area contributed by atoms with Gasteiger partial charge in [-0.15, -0.1) is 5.10 Å². The number of pyridine rings is 1. The lowest BCUT2D eigenvalue weighted by Crippen LogP contribution is -2.49. The second-order valence-corrected chi connectivity index (χ2v) is 10.3. The summed E-state index contributed by atoms with van der Waals surface area (Å²) in [5, 5.41) is 13.8. The number of fused-ring (bicyclic) bond motifs is 1. The van der Waals surface area contributed by atoms with Gasteiger partial charge in [0.15, 0.2) is 5.82 Å². The summed E-state index contributed by atoms with van der Waals surface area (Å²) in [6.45, 7) is 11.3. The summed E-state index contributed by atoms with van der Waals surface area (Å²) in [5.74, 6) is 1.53. The summed E-state index contributed by atoms with van der Waals surface area (Å²) in [4.78, 5) is 21.3. The van der Waals surface area contributed by atoms with Gasteiger partial charge in [-0.25, -0.2) is 4.68 Å². The van der Waals surface area contributed by atoms with Crippen molar-refractivity contribution in [3.8, 4) is 5.75 Å². The van der Waals surface area contributed by atoms with Crippen molar-refractivity contribution >= 4 is 16.6 Å². The molecule has 1 aliphatic rings. The van der Waals surface area contributed by atoms with Crippen molar-refractivity contribution in [2.24, 2.45) is 0 Å². The molecule has 0 saturated carbocycles. The summed E-state index contributed by atoms with van der Waals surface area (Å²) in [7, 11) is 1.70. The third kappa shape index (κ3) is 4.35. The van der Waals surface area contributed by atoms with E-state index in [0.717, 1.165) is 54.1 Å². The number of nitrogens with zero attached hydrogens (tertiary/aromatic N) is 6. The van der Waals surface area contributed by atoms with Crippen LogP contribution in [-0.2, 0) is 5.54 Å². The number of nitrogens with one attached hydrogen (secondary N) is 1.